The smallest absolute Gasteiger partial charge is 0.325 e. The number of hydrogen-bond donors (Lipinski definition) is 3. The Bertz CT molecular complexity index is 306. The summed E-state index contributed by atoms with van der Waals surface area (Å²) >= 11 is 0. The van der Waals surface area contributed by atoms with Crippen LogP contribution in [-0.2, 0) is 11.2 Å². The summed E-state index contributed by atoms with van der Waals surface area (Å²) in [4.78, 5) is 13.8. The number of nitrogens with one attached hydrogen (secondary N) is 2. The molecule has 12 heavy (non-hydrogen) atoms. The van der Waals surface area contributed by atoms with Gasteiger partial charge in [0.25, 0.3) is 0 Å². The van der Waals surface area contributed by atoms with Crippen molar-refractivity contribution >= 4 is 5.97 Å². The van der Waals surface area contributed by atoms with Gasteiger partial charge in [-0.25, -0.2) is 0 Å². The molecule has 1 unspecified atom stereocenters. The van der Waals surface area contributed by atoms with Gasteiger partial charge in [-0.1, -0.05) is 0 Å². The summed E-state index contributed by atoms with van der Waals surface area (Å²) in [5, 5.41) is 11.8. The van der Waals surface area contributed by atoms with Crippen molar-refractivity contribution in [1.82, 2.24) is 10.3 Å². The second-order valence-electron chi connectivity index (χ2n) is 2.89. The summed E-state index contributed by atoms with van der Waals surface area (Å²) < 4.78 is 0. The summed E-state index contributed by atoms with van der Waals surface area (Å²) in [5.74, 6) is -0.810. The highest BCUT2D eigenvalue weighted by atomic mass is 16.4. The van der Waals surface area contributed by atoms with Crippen LogP contribution in [0, 0.1) is 0 Å². The first-order chi connectivity index (χ1) is 5.79. The summed E-state index contributed by atoms with van der Waals surface area (Å²) in [7, 11) is 0. The lowest BCUT2D eigenvalue weighted by Gasteiger charge is -2.20. The molecule has 0 radical (unpaired) electrons. The van der Waals surface area contributed by atoms with Gasteiger partial charge in [0.05, 0.1) is 0 Å². The average molecular weight is 166 g/mol. The number of carboxylic acid groups (broad SMARTS) is 1. The van der Waals surface area contributed by atoms with Crippen LogP contribution < -0.4 is 5.32 Å². The zero-order chi connectivity index (χ0) is 8.55. The predicted octanol–water partition coefficient (Wildman–Crippen LogP) is 0.286. The highest BCUT2D eigenvalue weighted by Crippen LogP contribution is 2.21. The molecular weight excluding hydrogens is 156 g/mol. The van der Waals surface area contributed by atoms with Crippen molar-refractivity contribution in [2.24, 2.45) is 0 Å². The molecule has 1 aromatic rings. The van der Waals surface area contributed by atoms with Crippen molar-refractivity contribution in [2.45, 2.75) is 12.5 Å². The van der Waals surface area contributed by atoms with Gasteiger partial charge in [0.1, 0.15) is 6.04 Å². The van der Waals surface area contributed by atoms with E-state index in [2.05, 4.69) is 10.3 Å². The molecule has 1 atom stereocenters. The number of carbonyl (C=O) groups is 1. The average Bonchev–Trinajstić information content (AvgIpc) is 2.49. The molecule has 3 N–H and O–H groups in total. The van der Waals surface area contributed by atoms with E-state index in [0.717, 1.165) is 24.2 Å². The van der Waals surface area contributed by atoms with Gasteiger partial charge in [0.15, 0.2) is 0 Å². The third-order valence-corrected chi connectivity index (χ3v) is 2.15. The van der Waals surface area contributed by atoms with Crippen molar-refractivity contribution in [3.63, 3.8) is 0 Å². The lowest BCUT2D eigenvalue weighted by Crippen LogP contribution is -2.34. The molecule has 0 aliphatic carbocycles. The summed E-state index contributed by atoms with van der Waals surface area (Å²) in [5.41, 5.74) is 1.91. The van der Waals surface area contributed by atoms with Gasteiger partial charge in [-0.05, 0) is 6.07 Å². The van der Waals surface area contributed by atoms with Crippen LogP contribution in [0.15, 0.2) is 12.3 Å². The number of hydrogen-bond acceptors (Lipinski definition) is 2. The number of carboxylic acids is 1. The molecule has 2 rings (SSSR count). The summed E-state index contributed by atoms with van der Waals surface area (Å²) in [6.45, 7) is 0.727. The number of H-pyrrole nitrogens is 1. The van der Waals surface area contributed by atoms with Gasteiger partial charge in [0, 0.05) is 30.4 Å². The molecule has 1 aliphatic heterocycles. The molecular formula is C8H10N2O2. The van der Waals surface area contributed by atoms with Gasteiger partial charge in [-0.15, -0.1) is 0 Å². The van der Waals surface area contributed by atoms with Crippen LogP contribution in [0.25, 0.3) is 0 Å². The van der Waals surface area contributed by atoms with Crippen molar-refractivity contribution in [3.8, 4) is 0 Å². The van der Waals surface area contributed by atoms with E-state index in [-0.39, 0.29) is 0 Å². The first-order valence-electron chi connectivity index (χ1n) is 3.91. The van der Waals surface area contributed by atoms with E-state index in [1.165, 1.54) is 0 Å². The predicted molar refractivity (Wildman–Crippen MR) is 42.9 cm³/mol. The summed E-state index contributed by atoms with van der Waals surface area (Å²) in [6, 6.07) is 1.29. The highest BCUT2D eigenvalue weighted by molar-refractivity contribution is 5.76. The highest BCUT2D eigenvalue weighted by Gasteiger charge is 2.25. The van der Waals surface area contributed by atoms with Crippen LogP contribution in [-0.4, -0.2) is 22.6 Å². The van der Waals surface area contributed by atoms with E-state index in [0.29, 0.717) is 0 Å². The monoisotopic (exact) mass is 166 g/mol. The standard InChI is InChI=1S/C8H10N2O2/c11-8(12)7-5-1-3-9-6(5)2-4-10-7/h1,3,7,9-10H,2,4H2,(H,11,12). The van der Waals surface area contributed by atoms with Crippen molar-refractivity contribution < 1.29 is 9.90 Å². The molecule has 0 spiro atoms. The number of fused-ring (bicyclic) bond motifs is 1. The molecule has 1 aliphatic rings. The fourth-order valence-electron chi connectivity index (χ4n) is 1.57. The maximum atomic E-state index is 10.7. The van der Waals surface area contributed by atoms with Gasteiger partial charge in [-0.2, -0.15) is 0 Å². The Morgan fingerprint density at radius 1 is 1.67 bits per heavy atom. The van der Waals surface area contributed by atoms with Crippen molar-refractivity contribution in [1.29, 1.82) is 0 Å². The fraction of sp³-hybridized carbons (Fsp3) is 0.375. The molecule has 0 saturated heterocycles. The molecule has 4 heteroatoms. The lowest BCUT2D eigenvalue weighted by atomic mass is 10.0. The normalized spacial score (nSPS) is 21.8. The number of aliphatic carboxylic acids is 1. The van der Waals surface area contributed by atoms with Crippen LogP contribution in [0.4, 0.5) is 0 Å². The Morgan fingerprint density at radius 2 is 2.50 bits per heavy atom. The van der Waals surface area contributed by atoms with Gasteiger partial charge >= 0.3 is 5.97 Å². The van der Waals surface area contributed by atoms with Crippen LogP contribution in [0.3, 0.4) is 0 Å². The van der Waals surface area contributed by atoms with E-state index >= 15 is 0 Å². The maximum Gasteiger partial charge on any atom is 0.325 e. The zero-order valence-corrected chi connectivity index (χ0v) is 6.50. The quantitative estimate of drug-likeness (QED) is 0.561. The Kier molecular flexibility index (Phi) is 1.62. The zero-order valence-electron chi connectivity index (χ0n) is 6.50. The number of rotatable bonds is 1. The van der Waals surface area contributed by atoms with E-state index < -0.39 is 12.0 Å². The second-order valence-corrected chi connectivity index (χ2v) is 2.89. The van der Waals surface area contributed by atoms with E-state index in [1.54, 1.807) is 6.20 Å². The minimum absolute atomic E-state index is 0.528. The molecule has 0 aromatic carbocycles. The Labute approximate surface area is 69.6 Å². The van der Waals surface area contributed by atoms with Gasteiger partial charge in [-0.3, -0.25) is 4.79 Å². The molecule has 64 valence electrons. The van der Waals surface area contributed by atoms with Gasteiger partial charge < -0.3 is 15.4 Å². The number of aromatic nitrogens is 1. The third-order valence-electron chi connectivity index (χ3n) is 2.15. The molecule has 0 saturated carbocycles. The summed E-state index contributed by atoms with van der Waals surface area (Å²) in [6.07, 6.45) is 2.67. The van der Waals surface area contributed by atoms with E-state index in [9.17, 15) is 4.79 Å². The molecule has 0 bridgehead atoms. The topological polar surface area (TPSA) is 65.1 Å². The molecule has 4 nitrogen and oxygen atoms in total. The molecule has 1 aromatic heterocycles. The third kappa shape index (κ3) is 1.00. The Morgan fingerprint density at radius 3 is 3.25 bits per heavy atom. The fourth-order valence-corrected chi connectivity index (χ4v) is 1.57. The van der Waals surface area contributed by atoms with Crippen LogP contribution in [0.5, 0.6) is 0 Å². The van der Waals surface area contributed by atoms with Crippen LogP contribution >= 0.6 is 0 Å². The maximum absolute atomic E-state index is 10.7. The van der Waals surface area contributed by atoms with E-state index in [4.69, 9.17) is 5.11 Å². The molecule has 2 heterocycles. The largest absolute Gasteiger partial charge is 0.480 e. The number of aromatic amines is 1. The minimum atomic E-state index is -0.810. The Balaban J connectivity index is 2.37. The molecule has 0 amide bonds. The van der Waals surface area contributed by atoms with Crippen molar-refractivity contribution in [2.75, 3.05) is 6.54 Å². The van der Waals surface area contributed by atoms with E-state index in [1.807, 2.05) is 6.07 Å². The molecule has 0 fully saturated rings. The Hall–Kier alpha value is -1.29. The second kappa shape index (κ2) is 2.64. The van der Waals surface area contributed by atoms with Crippen LogP contribution in [0.1, 0.15) is 17.3 Å². The van der Waals surface area contributed by atoms with Crippen molar-refractivity contribution in [3.05, 3.63) is 23.5 Å². The minimum Gasteiger partial charge on any atom is -0.480 e. The SMILES string of the molecule is O=C(O)C1NCCc2[nH]ccc21. The van der Waals surface area contributed by atoms with Gasteiger partial charge in [0.2, 0.25) is 0 Å². The first-order valence-corrected chi connectivity index (χ1v) is 3.91. The van der Waals surface area contributed by atoms with Crippen LogP contribution in [0.2, 0.25) is 0 Å². The lowest BCUT2D eigenvalue weighted by molar-refractivity contribution is -0.139. The first kappa shape index (κ1) is 7.36.